The van der Waals surface area contributed by atoms with Crippen LogP contribution in [-0.4, -0.2) is 40.8 Å². The summed E-state index contributed by atoms with van der Waals surface area (Å²) in [6.45, 7) is 0.204. The van der Waals surface area contributed by atoms with Crippen molar-refractivity contribution >= 4 is 12.0 Å². The summed E-state index contributed by atoms with van der Waals surface area (Å²) in [6, 6.07) is 19.5. The fourth-order valence-electron chi connectivity index (χ4n) is 5.13. The minimum Gasteiger partial charge on any atom is -0.447 e. The zero-order chi connectivity index (χ0) is 22.3. The Morgan fingerprint density at radius 2 is 1.62 bits per heavy atom. The van der Waals surface area contributed by atoms with Gasteiger partial charge in [0.05, 0.1) is 18.1 Å². The molecular formula is C27H33NO4. The number of ether oxygens (including phenoxy) is 1. The SMILES string of the molecule is O=C1OC[C@@H](Cc2ccccc2)N1C(=O)C(CC1CCCC1)C(O)CCc1ccccc1. The minimum absolute atomic E-state index is 0.204. The highest BCUT2D eigenvalue weighted by Gasteiger charge is 2.43. The molecule has 1 heterocycles. The van der Waals surface area contributed by atoms with Gasteiger partial charge in [-0.15, -0.1) is 0 Å². The highest BCUT2D eigenvalue weighted by molar-refractivity contribution is 5.95. The molecule has 170 valence electrons. The number of hydrogen-bond donors (Lipinski definition) is 1. The van der Waals surface area contributed by atoms with Crippen LogP contribution in [0.1, 0.15) is 49.7 Å². The first-order valence-electron chi connectivity index (χ1n) is 11.9. The van der Waals surface area contributed by atoms with E-state index in [1.165, 1.54) is 17.7 Å². The largest absolute Gasteiger partial charge is 0.447 e. The van der Waals surface area contributed by atoms with Gasteiger partial charge in [-0.2, -0.15) is 0 Å². The van der Waals surface area contributed by atoms with Crippen LogP contribution in [0.3, 0.4) is 0 Å². The molecule has 1 N–H and O–H groups in total. The Kier molecular flexibility index (Phi) is 7.59. The fourth-order valence-corrected chi connectivity index (χ4v) is 5.13. The van der Waals surface area contributed by atoms with Crippen molar-refractivity contribution in [2.45, 2.75) is 63.5 Å². The molecule has 2 aliphatic rings. The lowest BCUT2D eigenvalue weighted by atomic mass is 9.85. The van der Waals surface area contributed by atoms with Gasteiger partial charge in [-0.1, -0.05) is 86.3 Å². The van der Waals surface area contributed by atoms with Crippen LogP contribution in [0.25, 0.3) is 0 Å². The summed E-state index contributed by atoms with van der Waals surface area (Å²) >= 11 is 0. The molecule has 4 rings (SSSR count). The number of cyclic esters (lactones) is 1. The third-order valence-corrected chi connectivity index (χ3v) is 6.93. The molecule has 3 atom stereocenters. The molecule has 0 aromatic heterocycles. The Hall–Kier alpha value is -2.66. The molecule has 2 unspecified atom stereocenters. The van der Waals surface area contributed by atoms with Crippen LogP contribution in [0.15, 0.2) is 60.7 Å². The number of carbonyl (C=O) groups excluding carboxylic acids is 2. The van der Waals surface area contributed by atoms with E-state index in [2.05, 4.69) is 0 Å². The number of aryl methyl sites for hydroxylation is 1. The maximum absolute atomic E-state index is 13.7. The van der Waals surface area contributed by atoms with Gasteiger partial charge in [-0.3, -0.25) is 4.79 Å². The van der Waals surface area contributed by atoms with E-state index in [-0.39, 0.29) is 18.6 Å². The third-order valence-electron chi connectivity index (χ3n) is 6.93. The number of benzene rings is 2. The average Bonchev–Trinajstić information content (AvgIpc) is 3.46. The average molecular weight is 436 g/mol. The summed E-state index contributed by atoms with van der Waals surface area (Å²) in [5.74, 6) is -0.423. The number of imide groups is 1. The van der Waals surface area contributed by atoms with Gasteiger partial charge in [-0.05, 0) is 42.7 Å². The molecule has 1 saturated carbocycles. The Labute approximate surface area is 190 Å². The first-order valence-corrected chi connectivity index (χ1v) is 11.9. The van der Waals surface area contributed by atoms with E-state index < -0.39 is 18.1 Å². The van der Waals surface area contributed by atoms with Crippen molar-refractivity contribution in [1.29, 1.82) is 0 Å². The van der Waals surface area contributed by atoms with Crippen molar-refractivity contribution in [2.75, 3.05) is 6.61 Å². The molecule has 2 aromatic carbocycles. The quantitative estimate of drug-likeness (QED) is 0.616. The van der Waals surface area contributed by atoms with Crippen LogP contribution in [-0.2, 0) is 22.4 Å². The maximum Gasteiger partial charge on any atom is 0.416 e. The number of rotatable bonds is 9. The second-order valence-corrected chi connectivity index (χ2v) is 9.21. The number of nitrogens with zero attached hydrogens (tertiary/aromatic N) is 1. The fraction of sp³-hybridized carbons (Fsp3) is 0.481. The predicted molar refractivity (Wildman–Crippen MR) is 123 cm³/mol. The lowest BCUT2D eigenvalue weighted by molar-refractivity contribution is -0.138. The number of carbonyl (C=O) groups is 2. The second kappa shape index (κ2) is 10.8. The highest BCUT2D eigenvalue weighted by atomic mass is 16.6. The number of aliphatic hydroxyl groups is 1. The van der Waals surface area contributed by atoms with Crippen LogP contribution >= 0.6 is 0 Å². The molecule has 0 radical (unpaired) electrons. The first-order chi connectivity index (χ1) is 15.6. The topological polar surface area (TPSA) is 66.8 Å². The van der Waals surface area contributed by atoms with Crippen molar-refractivity contribution in [3.8, 4) is 0 Å². The lowest BCUT2D eigenvalue weighted by Gasteiger charge is -2.29. The number of amides is 2. The molecule has 5 nitrogen and oxygen atoms in total. The Morgan fingerprint density at radius 1 is 1.00 bits per heavy atom. The van der Waals surface area contributed by atoms with Gasteiger partial charge in [0.1, 0.15) is 6.61 Å². The molecule has 32 heavy (non-hydrogen) atoms. The molecular weight excluding hydrogens is 402 g/mol. The molecule has 1 aliphatic heterocycles. The van der Waals surface area contributed by atoms with Gasteiger partial charge in [0.2, 0.25) is 5.91 Å². The molecule has 2 aromatic rings. The number of hydrogen-bond acceptors (Lipinski definition) is 4. The van der Waals surface area contributed by atoms with Crippen molar-refractivity contribution < 1.29 is 19.4 Å². The first kappa shape index (κ1) is 22.5. The van der Waals surface area contributed by atoms with Crippen LogP contribution in [0.5, 0.6) is 0 Å². The van der Waals surface area contributed by atoms with E-state index >= 15 is 0 Å². The van der Waals surface area contributed by atoms with Gasteiger partial charge in [0, 0.05) is 0 Å². The molecule has 0 spiro atoms. The van der Waals surface area contributed by atoms with Gasteiger partial charge in [0.15, 0.2) is 0 Å². The van der Waals surface area contributed by atoms with Crippen molar-refractivity contribution in [3.63, 3.8) is 0 Å². The lowest BCUT2D eigenvalue weighted by Crippen LogP contribution is -2.47. The van der Waals surface area contributed by atoms with E-state index in [1.807, 2.05) is 60.7 Å². The highest BCUT2D eigenvalue weighted by Crippen LogP contribution is 2.34. The number of aliphatic hydroxyl groups excluding tert-OH is 1. The van der Waals surface area contributed by atoms with E-state index in [9.17, 15) is 14.7 Å². The van der Waals surface area contributed by atoms with Crippen molar-refractivity contribution in [1.82, 2.24) is 4.90 Å². The molecule has 5 heteroatoms. The summed E-state index contributed by atoms with van der Waals surface area (Å²) in [5, 5.41) is 11.1. The molecule has 2 fully saturated rings. The summed E-state index contributed by atoms with van der Waals surface area (Å²) in [6.07, 6.45) is 5.57. The van der Waals surface area contributed by atoms with Gasteiger partial charge >= 0.3 is 6.09 Å². The van der Waals surface area contributed by atoms with Crippen molar-refractivity contribution in [2.24, 2.45) is 11.8 Å². The molecule has 0 bridgehead atoms. The predicted octanol–water partition coefficient (Wildman–Crippen LogP) is 4.77. The summed E-state index contributed by atoms with van der Waals surface area (Å²) in [4.78, 5) is 27.5. The van der Waals surface area contributed by atoms with E-state index in [1.54, 1.807) is 0 Å². The molecule has 1 aliphatic carbocycles. The van der Waals surface area contributed by atoms with Gasteiger partial charge in [0.25, 0.3) is 0 Å². The van der Waals surface area contributed by atoms with E-state index in [0.29, 0.717) is 31.6 Å². The van der Waals surface area contributed by atoms with E-state index in [0.717, 1.165) is 24.0 Å². The second-order valence-electron chi connectivity index (χ2n) is 9.21. The van der Waals surface area contributed by atoms with E-state index in [4.69, 9.17) is 4.74 Å². The van der Waals surface area contributed by atoms with Crippen LogP contribution in [0, 0.1) is 11.8 Å². The van der Waals surface area contributed by atoms with Crippen LogP contribution in [0.4, 0.5) is 4.79 Å². The summed E-state index contributed by atoms with van der Waals surface area (Å²) < 4.78 is 5.29. The van der Waals surface area contributed by atoms with Crippen LogP contribution < -0.4 is 0 Å². The van der Waals surface area contributed by atoms with Crippen LogP contribution in [0.2, 0.25) is 0 Å². The third kappa shape index (κ3) is 5.57. The zero-order valence-electron chi connectivity index (χ0n) is 18.6. The molecule has 1 saturated heterocycles. The normalized spacial score (nSPS) is 20.8. The van der Waals surface area contributed by atoms with Crippen molar-refractivity contribution in [3.05, 3.63) is 71.8 Å². The van der Waals surface area contributed by atoms with Gasteiger partial charge < -0.3 is 9.84 Å². The van der Waals surface area contributed by atoms with Gasteiger partial charge in [-0.25, -0.2) is 9.69 Å². The Bertz CT molecular complexity index is 879. The monoisotopic (exact) mass is 435 g/mol. The Morgan fingerprint density at radius 3 is 2.28 bits per heavy atom. The Balaban J connectivity index is 1.48. The summed E-state index contributed by atoms with van der Waals surface area (Å²) in [5.41, 5.74) is 2.20. The minimum atomic E-state index is -0.783. The zero-order valence-corrected chi connectivity index (χ0v) is 18.6. The smallest absolute Gasteiger partial charge is 0.416 e. The molecule has 2 amide bonds. The standard InChI is InChI=1S/C27H33NO4/c29-25(16-15-20-9-3-1-4-10-20)24(18-22-13-7-8-14-22)26(30)28-23(19-32-27(28)31)17-21-11-5-2-6-12-21/h1-6,9-12,22-25,29H,7-8,13-19H2/t23-,24?,25?/m1/s1. The summed E-state index contributed by atoms with van der Waals surface area (Å²) in [7, 11) is 0. The maximum atomic E-state index is 13.7.